The third-order valence-corrected chi connectivity index (χ3v) is 4.05. The zero-order chi connectivity index (χ0) is 13.8. The van der Waals surface area contributed by atoms with Crippen molar-refractivity contribution < 1.29 is 4.74 Å². The fourth-order valence-corrected chi connectivity index (χ4v) is 2.86. The molecule has 1 saturated heterocycles. The monoisotopic (exact) mass is 271 g/mol. The van der Waals surface area contributed by atoms with E-state index in [-0.39, 0.29) is 0 Å². The maximum absolute atomic E-state index is 5.51. The molecule has 1 fully saturated rings. The highest BCUT2D eigenvalue weighted by molar-refractivity contribution is 5.55. The molecule has 106 valence electrons. The van der Waals surface area contributed by atoms with Crippen molar-refractivity contribution in [2.75, 3.05) is 20.3 Å². The molecule has 1 aliphatic rings. The topological polar surface area (TPSA) is 39.1 Å². The van der Waals surface area contributed by atoms with Gasteiger partial charge in [0.15, 0.2) is 0 Å². The Kier molecular flexibility index (Phi) is 4.14. The minimum atomic E-state index is 0.425. The van der Waals surface area contributed by atoms with Crippen molar-refractivity contribution in [3.63, 3.8) is 0 Å². The molecule has 2 unspecified atom stereocenters. The number of benzene rings is 1. The summed E-state index contributed by atoms with van der Waals surface area (Å²) in [5.41, 5.74) is 1.16. The van der Waals surface area contributed by atoms with Crippen molar-refractivity contribution in [3.8, 4) is 11.4 Å². The van der Waals surface area contributed by atoms with Gasteiger partial charge < -0.3 is 14.6 Å². The van der Waals surface area contributed by atoms with Crippen LogP contribution in [-0.4, -0.2) is 35.9 Å². The number of hydrogen-bond donors (Lipinski definition) is 1. The Morgan fingerprint density at radius 1 is 1.40 bits per heavy atom. The van der Waals surface area contributed by atoms with E-state index in [9.17, 15) is 0 Å². The lowest BCUT2D eigenvalue weighted by Gasteiger charge is -2.23. The number of rotatable bonds is 5. The van der Waals surface area contributed by atoms with Crippen LogP contribution >= 0.6 is 0 Å². The smallest absolute Gasteiger partial charge is 0.139 e. The Labute approximate surface area is 119 Å². The molecule has 1 aliphatic heterocycles. The zero-order valence-electron chi connectivity index (χ0n) is 11.8. The molecule has 4 heteroatoms. The number of nitrogens with zero attached hydrogens (tertiary/aromatic N) is 2. The Hall–Kier alpha value is -1.65. The van der Waals surface area contributed by atoms with Crippen molar-refractivity contribution in [1.29, 1.82) is 0 Å². The largest absolute Gasteiger partial charge is 0.381 e. The van der Waals surface area contributed by atoms with E-state index in [0.717, 1.165) is 37.6 Å². The molecule has 4 nitrogen and oxygen atoms in total. The second-order valence-electron chi connectivity index (χ2n) is 5.29. The summed E-state index contributed by atoms with van der Waals surface area (Å²) in [4.78, 5) is 4.50. The van der Waals surface area contributed by atoms with Crippen LogP contribution in [0, 0.1) is 5.92 Å². The van der Waals surface area contributed by atoms with Crippen LogP contribution in [0.4, 0.5) is 0 Å². The first-order valence-corrected chi connectivity index (χ1v) is 7.20. The first-order valence-electron chi connectivity index (χ1n) is 7.20. The van der Waals surface area contributed by atoms with Gasteiger partial charge in [0.2, 0.25) is 0 Å². The van der Waals surface area contributed by atoms with Gasteiger partial charge in [-0.1, -0.05) is 30.3 Å². The fourth-order valence-electron chi connectivity index (χ4n) is 2.86. The van der Waals surface area contributed by atoms with Crippen molar-refractivity contribution >= 4 is 0 Å². The normalized spacial score (nSPS) is 20.1. The van der Waals surface area contributed by atoms with Crippen LogP contribution in [0.25, 0.3) is 11.4 Å². The zero-order valence-corrected chi connectivity index (χ0v) is 11.8. The summed E-state index contributed by atoms with van der Waals surface area (Å²) in [6.07, 6.45) is 5.07. The molecule has 3 rings (SSSR count). The third kappa shape index (κ3) is 2.76. The highest BCUT2D eigenvalue weighted by Gasteiger charge is 2.25. The van der Waals surface area contributed by atoms with Crippen molar-refractivity contribution in [2.24, 2.45) is 5.92 Å². The van der Waals surface area contributed by atoms with Crippen LogP contribution in [-0.2, 0) is 11.3 Å². The van der Waals surface area contributed by atoms with Gasteiger partial charge in [-0.15, -0.1) is 0 Å². The highest BCUT2D eigenvalue weighted by atomic mass is 16.5. The van der Waals surface area contributed by atoms with Crippen LogP contribution in [0.2, 0.25) is 0 Å². The summed E-state index contributed by atoms with van der Waals surface area (Å²) in [5, 5.41) is 3.43. The first kappa shape index (κ1) is 13.3. The summed E-state index contributed by atoms with van der Waals surface area (Å²) in [6, 6.07) is 10.8. The number of ether oxygens (including phenoxy) is 1. The number of likely N-dealkylation sites (N-methyl/N-ethyl adjacent to an activating group) is 1. The van der Waals surface area contributed by atoms with Gasteiger partial charge in [-0.2, -0.15) is 0 Å². The lowest BCUT2D eigenvalue weighted by atomic mass is 9.99. The molecular weight excluding hydrogens is 250 g/mol. The molecule has 1 aromatic heterocycles. The molecular formula is C16H21N3O. The third-order valence-electron chi connectivity index (χ3n) is 4.05. The highest BCUT2D eigenvalue weighted by Crippen LogP contribution is 2.21. The van der Waals surface area contributed by atoms with Crippen LogP contribution in [0.5, 0.6) is 0 Å². The number of nitrogens with one attached hydrogen (secondary N) is 1. The molecule has 1 aromatic carbocycles. The summed E-state index contributed by atoms with van der Waals surface area (Å²) in [6.45, 7) is 2.67. The molecule has 0 amide bonds. The minimum absolute atomic E-state index is 0.425. The maximum Gasteiger partial charge on any atom is 0.139 e. The van der Waals surface area contributed by atoms with E-state index in [1.807, 2.05) is 19.3 Å². The van der Waals surface area contributed by atoms with Crippen molar-refractivity contribution in [1.82, 2.24) is 14.9 Å². The first-order chi connectivity index (χ1) is 9.88. The van der Waals surface area contributed by atoms with Crippen molar-refractivity contribution in [3.05, 3.63) is 42.7 Å². The van der Waals surface area contributed by atoms with Gasteiger partial charge in [0.1, 0.15) is 5.82 Å². The molecule has 2 aromatic rings. The van der Waals surface area contributed by atoms with E-state index in [1.54, 1.807) is 0 Å². The van der Waals surface area contributed by atoms with Crippen LogP contribution in [0.1, 0.15) is 6.42 Å². The standard InChI is InChI=1S/C16H21N3O/c1-17-15(14-7-10-20-12-14)11-19-9-8-18-16(19)13-5-3-2-4-6-13/h2-6,8-9,14-15,17H,7,10-12H2,1H3. The van der Waals surface area contributed by atoms with E-state index in [4.69, 9.17) is 4.74 Å². The average Bonchev–Trinajstić information content (AvgIpc) is 3.17. The second-order valence-corrected chi connectivity index (χ2v) is 5.29. The summed E-state index contributed by atoms with van der Waals surface area (Å²) >= 11 is 0. The van der Waals surface area contributed by atoms with Gasteiger partial charge in [-0.25, -0.2) is 4.98 Å². The average molecular weight is 271 g/mol. The molecule has 0 spiro atoms. The molecule has 1 N–H and O–H groups in total. The Morgan fingerprint density at radius 3 is 2.95 bits per heavy atom. The lowest BCUT2D eigenvalue weighted by Crippen LogP contribution is -2.37. The van der Waals surface area contributed by atoms with Gasteiger partial charge in [0.25, 0.3) is 0 Å². The summed E-state index contributed by atoms with van der Waals surface area (Å²) in [5.74, 6) is 1.62. The van der Waals surface area contributed by atoms with E-state index < -0.39 is 0 Å². The Bertz CT molecular complexity index is 532. The van der Waals surface area contributed by atoms with Gasteiger partial charge in [0.05, 0.1) is 6.61 Å². The van der Waals surface area contributed by atoms with Gasteiger partial charge in [0, 0.05) is 43.1 Å². The van der Waals surface area contributed by atoms with Gasteiger partial charge in [-0.3, -0.25) is 0 Å². The SMILES string of the molecule is CNC(Cn1ccnc1-c1ccccc1)C1CCOC1. The second kappa shape index (κ2) is 6.20. The molecule has 0 saturated carbocycles. The minimum Gasteiger partial charge on any atom is -0.381 e. The lowest BCUT2D eigenvalue weighted by molar-refractivity contribution is 0.175. The number of aromatic nitrogens is 2. The van der Waals surface area contributed by atoms with E-state index in [0.29, 0.717) is 12.0 Å². The predicted octanol–water partition coefficient (Wildman–Crippen LogP) is 2.17. The predicted molar refractivity (Wildman–Crippen MR) is 79.4 cm³/mol. The number of hydrogen-bond acceptors (Lipinski definition) is 3. The van der Waals surface area contributed by atoms with E-state index in [1.165, 1.54) is 0 Å². The quantitative estimate of drug-likeness (QED) is 0.906. The molecule has 2 heterocycles. The summed E-state index contributed by atoms with van der Waals surface area (Å²) < 4.78 is 7.74. The molecule has 2 atom stereocenters. The van der Waals surface area contributed by atoms with Gasteiger partial charge in [-0.05, 0) is 13.5 Å². The van der Waals surface area contributed by atoms with E-state index in [2.05, 4.69) is 45.3 Å². The Morgan fingerprint density at radius 2 is 2.25 bits per heavy atom. The van der Waals surface area contributed by atoms with Gasteiger partial charge >= 0.3 is 0 Å². The number of imidazole rings is 1. The molecule has 0 bridgehead atoms. The fraction of sp³-hybridized carbons (Fsp3) is 0.438. The maximum atomic E-state index is 5.51. The Balaban J connectivity index is 1.79. The van der Waals surface area contributed by atoms with Crippen LogP contribution in [0.3, 0.4) is 0 Å². The van der Waals surface area contributed by atoms with E-state index >= 15 is 0 Å². The molecule has 0 aliphatic carbocycles. The van der Waals surface area contributed by atoms with Crippen molar-refractivity contribution in [2.45, 2.75) is 19.0 Å². The summed E-state index contributed by atoms with van der Waals surface area (Å²) in [7, 11) is 2.03. The molecule has 20 heavy (non-hydrogen) atoms. The van der Waals surface area contributed by atoms with Crippen LogP contribution < -0.4 is 5.32 Å². The molecule has 0 radical (unpaired) electrons. The van der Waals surface area contributed by atoms with Crippen LogP contribution in [0.15, 0.2) is 42.7 Å².